The first-order valence-corrected chi connectivity index (χ1v) is 10.6. The molecule has 13 heteroatoms. The van der Waals surface area contributed by atoms with Gasteiger partial charge in [0.2, 0.25) is 11.8 Å². The SMILES string of the molecule is CN(C)C(=O)CCC(=O)Nc1ccc(Br)cc1C(=O)N1C[C@H](C(F)(F)F)C[C@H](C(F)(F)F)C1. The predicted octanol–water partition coefficient (Wildman–Crippen LogP) is 4.46. The van der Waals surface area contributed by atoms with Crippen molar-refractivity contribution >= 4 is 39.3 Å². The topological polar surface area (TPSA) is 69.7 Å². The lowest BCUT2D eigenvalue weighted by Gasteiger charge is -2.39. The summed E-state index contributed by atoms with van der Waals surface area (Å²) in [5, 5.41) is 2.41. The van der Waals surface area contributed by atoms with E-state index in [9.17, 15) is 40.7 Å². The summed E-state index contributed by atoms with van der Waals surface area (Å²) in [4.78, 5) is 38.7. The highest BCUT2D eigenvalue weighted by molar-refractivity contribution is 9.10. The maximum absolute atomic E-state index is 13.3. The molecule has 0 unspecified atom stereocenters. The maximum Gasteiger partial charge on any atom is 0.393 e. The number of amides is 3. The van der Waals surface area contributed by atoms with E-state index in [1.807, 2.05) is 0 Å². The fraction of sp³-hybridized carbons (Fsp3) is 0.550. The zero-order valence-corrected chi connectivity index (χ0v) is 19.3. The van der Waals surface area contributed by atoms with Crippen LogP contribution in [0.5, 0.6) is 0 Å². The molecule has 184 valence electrons. The highest BCUT2D eigenvalue weighted by Crippen LogP contribution is 2.42. The zero-order valence-electron chi connectivity index (χ0n) is 17.7. The second kappa shape index (κ2) is 10.3. The van der Waals surface area contributed by atoms with Gasteiger partial charge in [-0.05, 0) is 24.6 Å². The Morgan fingerprint density at radius 1 is 1.03 bits per heavy atom. The molecule has 1 aromatic rings. The molecule has 1 heterocycles. The summed E-state index contributed by atoms with van der Waals surface area (Å²) in [6.07, 6.45) is -11.3. The first kappa shape index (κ1) is 26.9. The predicted molar refractivity (Wildman–Crippen MR) is 110 cm³/mol. The Bertz CT molecular complexity index is 882. The average molecular weight is 546 g/mol. The van der Waals surface area contributed by atoms with Crippen molar-refractivity contribution in [2.24, 2.45) is 11.8 Å². The number of nitrogens with zero attached hydrogens (tertiary/aromatic N) is 2. The third-order valence-electron chi connectivity index (χ3n) is 5.21. The highest BCUT2D eigenvalue weighted by atomic mass is 79.9. The van der Waals surface area contributed by atoms with E-state index in [1.54, 1.807) is 0 Å². The van der Waals surface area contributed by atoms with Crippen molar-refractivity contribution in [2.45, 2.75) is 31.6 Å². The summed E-state index contributed by atoms with van der Waals surface area (Å²) in [7, 11) is 3.01. The fourth-order valence-corrected chi connectivity index (χ4v) is 3.73. The summed E-state index contributed by atoms with van der Waals surface area (Å²) >= 11 is 3.11. The molecule has 0 aromatic heterocycles. The van der Waals surface area contributed by atoms with E-state index in [0.29, 0.717) is 9.37 Å². The molecule has 6 nitrogen and oxygen atoms in total. The number of hydrogen-bond acceptors (Lipinski definition) is 3. The number of carbonyl (C=O) groups is 3. The molecule has 0 bridgehead atoms. The normalized spacial score (nSPS) is 19.2. The van der Waals surface area contributed by atoms with Gasteiger partial charge in [-0.3, -0.25) is 14.4 Å². The van der Waals surface area contributed by atoms with E-state index in [2.05, 4.69) is 21.2 Å². The van der Waals surface area contributed by atoms with Crippen molar-refractivity contribution in [3.05, 3.63) is 28.2 Å². The first-order valence-electron chi connectivity index (χ1n) is 9.81. The fourth-order valence-electron chi connectivity index (χ4n) is 3.37. The number of hydrogen-bond donors (Lipinski definition) is 1. The molecule has 1 saturated heterocycles. The molecule has 0 saturated carbocycles. The van der Waals surface area contributed by atoms with Crippen LogP contribution in [0.4, 0.5) is 32.0 Å². The Morgan fingerprint density at radius 2 is 1.58 bits per heavy atom. The van der Waals surface area contributed by atoms with Gasteiger partial charge in [0, 0.05) is 44.5 Å². The number of alkyl halides is 6. The van der Waals surface area contributed by atoms with E-state index in [1.165, 1.54) is 37.2 Å². The van der Waals surface area contributed by atoms with Crippen LogP contribution < -0.4 is 5.32 Å². The van der Waals surface area contributed by atoms with Gasteiger partial charge in [-0.15, -0.1) is 0 Å². The van der Waals surface area contributed by atoms with Gasteiger partial charge >= 0.3 is 12.4 Å². The molecule has 1 fully saturated rings. The van der Waals surface area contributed by atoms with Gasteiger partial charge in [-0.1, -0.05) is 15.9 Å². The lowest BCUT2D eigenvalue weighted by atomic mass is 9.87. The molecule has 1 aliphatic rings. The van der Waals surface area contributed by atoms with Crippen molar-refractivity contribution in [1.29, 1.82) is 0 Å². The molecule has 1 aliphatic heterocycles. The Hall–Kier alpha value is -2.31. The summed E-state index contributed by atoms with van der Waals surface area (Å²) in [5.41, 5.74) is -0.344. The second-order valence-corrected chi connectivity index (χ2v) is 8.86. The smallest absolute Gasteiger partial charge is 0.349 e. The number of nitrogens with one attached hydrogen (secondary N) is 1. The van der Waals surface area contributed by atoms with Crippen LogP contribution in [0.15, 0.2) is 22.7 Å². The molecule has 0 aliphatic carbocycles. The highest BCUT2D eigenvalue weighted by Gasteiger charge is 2.52. The van der Waals surface area contributed by atoms with Crippen LogP contribution >= 0.6 is 15.9 Å². The number of carbonyl (C=O) groups excluding carboxylic acids is 3. The van der Waals surface area contributed by atoms with Gasteiger partial charge in [-0.2, -0.15) is 26.3 Å². The van der Waals surface area contributed by atoms with E-state index in [-0.39, 0.29) is 30.0 Å². The molecule has 0 spiro atoms. The minimum absolute atomic E-state index is 0.0804. The van der Waals surface area contributed by atoms with Crippen LogP contribution in [-0.2, 0) is 9.59 Å². The minimum Gasteiger partial charge on any atom is -0.349 e. The molecule has 2 atom stereocenters. The van der Waals surface area contributed by atoms with Crippen LogP contribution in [-0.4, -0.2) is 67.1 Å². The first-order chi connectivity index (χ1) is 15.1. The zero-order chi connectivity index (χ0) is 25.1. The average Bonchev–Trinajstić information content (AvgIpc) is 2.71. The van der Waals surface area contributed by atoms with Crippen molar-refractivity contribution in [1.82, 2.24) is 9.80 Å². The van der Waals surface area contributed by atoms with Gasteiger partial charge < -0.3 is 15.1 Å². The quantitative estimate of drug-likeness (QED) is 0.555. The van der Waals surface area contributed by atoms with Crippen LogP contribution in [0.3, 0.4) is 0 Å². The number of rotatable bonds is 5. The lowest BCUT2D eigenvalue weighted by molar-refractivity contribution is -0.226. The molecule has 0 radical (unpaired) electrons. The van der Waals surface area contributed by atoms with E-state index in [4.69, 9.17) is 0 Å². The molecule has 2 rings (SSSR count). The Morgan fingerprint density at radius 3 is 2.06 bits per heavy atom. The standard InChI is InChI=1S/C20H22BrF6N3O3/c1-29(2)17(32)6-5-16(31)28-15-4-3-13(21)8-14(15)18(33)30-9-11(19(22,23)24)7-12(10-30)20(25,26)27/h3-4,8,11-12H,5-7,9-10H2,1-2H3,(H,28,31)/t11-,12+. The summed E-state index contributed by atoms with van der Waals surface area (Å²) in [6.45, 7) is -1.85. The van der Waals surface area contributed by atoms with E-state index in [0.717, 1.165) is 0 Å². The molecule has 3 amide bonds. The number of benzene rings is 1. The van der Waals surface area contributed by atoms with Crippen molar-refractivity contribution in [3.8, 4) is 0 Å². The molecular formula is C20H22BrF6N3O3. The van der Waals surface area contributed by atoms with Crippen molar-refractivity contribution in [2.75, 3.05) is 32.5 Å². The summed E-state index contributed by atoms with van der Waals surface area (Å²) in [6, 6.07) is 3.96. The van der Waals surface area contributed by atoms with Crippen molar-refractivity contribution in [3.63, 3.8) is 0 Å². The second-order valence-electron chi connectivity index (χ2n) is 7.95. The van der Waals surface area contributed by atoms with Gasteiger partial charge in [-0.25, -0.2) is 0 Å². The number of anilines is 1. The van der Waals surface area contributed by atoms with E-state index >= 15 is 0 Å². The molecular weight excluding hydrogens is 524 g/mol. The Balaban J connectivity index is 2.27. The monoisotopic (exact) mass is 545 g/mol. The molecule has 1 aromatic carbocycles. The molecule has 33 heavy (non-hydrogen) atoms. The Labute approximate surface area is 194 Å². The van der Waals surface area contributed by atoms with Gasteiger partial charge in [0.15, 0.2) is 0 Å². The van der Waals surface area contributed by atoms with Gasteiger partial charge in [0.05, 0.1) is 23.1 Å². The maximum atomic E-state index is 13.3. The lowest BCUT2D eigenvalue weighted by Crippen LogP contribution is -2.51. The largest absolute Gasteiger partial charge is 0.393 e. The third kappa shape index (κ3) is 7.34. The summed E-state index contributed by atoms with van der Waals surface area (Å²) < 4.78 is 79.9. The van der Waals surface area contributed by atoms with Crippen LogP contribution in [0.2, 0.25) is 0 Å². The molecule has 1 N–H and O–H groups in total. The van der Waals surface area contributed by atoms with Crippen LogP contribution in [0, 0.1) is 11.8 Å². The van der Waals surface area contributed by atoms with Crippen LogP contribution in [0.25, 0.3) is 0 Å². The van der Waals surface area contributed by atoms with E-state index < -0.39 is 55.5 Å². The Kier molecular flexibility index (Phi) is 8.41. The van der Waals surface area contributed by atoms with Gasteiger partial charge in [0.1, 0.15) is 0 Å². The van der Waals surface area contributed by atoms with Gasteiger partial charge in [0.25, 0.3) is 5.91 Å². The number of piperidine rings is 1. The van der Waals surface area contributed by atoms with Crippen LogP contribution in [0.1, 0.15) is 29.6 Å². The van der Waals surface area contributed by atoms with Crippen molar-refractivity contribution < 1.29 is 40.7 Å². The summed E-state index contributed by atoms with van der Waals surface area (Å²) in [5.74, 6) is -6.68. The number of halogens is 7. The number of likely N-dealkylation sites (tertiary alicyclic amines) is 1. The minimum atomic E-state index is -4.91. The third-order valence-corrected chi connectivity index (χ3v) is 5.71.